The number of carbonyl (C=O) groups is 2. The third-order valence-corrected chi connectivity index (χ3v) is 14.2. The molecule has 2 saturated heterocycles. The number of aliphatic hydroxyl groups is 6. The number of aldehydes is 1. The van der Waals surface area contributed by atoms with Crippen molar-refractivity contribution in [1.29, 1.82) is 0 Å². The first kappa shape index (κ1) is 36.8. The zero-order valence-electron chi connectivity index (χ0n) is 29.1. The van der Waals surface area contributed by atoms with E-state index in [2.05, 4.69) is 6.92 Å². The van der Waals surface area contributed by atoms with Crippen molar-refractivity contribution < 1.29 is 68.6 Å². The van der Waals surface area contributed by atoms with Crippen molar-refractivity contribution in [2.45, 2.75) is 151 Å². The van der Waals surface area contributed by atoms with Gasteiger partial charge in [0.15, 0.2) is 12.6 Å². The van der Waals surface area contributed by atoms with Crippen LogP contribution in [0.25, 0.3) is 0 Å². The molecule has 6 fully saturated rings. The number of ether oxygens (including phenoxy) is 6. The Morgan fingerprint density at radius 3 is 2.40 bits per heavy atom. The summed E-state index contributed by atoms with van der Waals surface area (Å²) in [6.07, 6.45) is -2.52. The molecule has 0 aromatic rings. The maximum Gasteiger partial charge on any atom is 0.331 e. The smallest absolute Gasteiger partial charge is 0.331 e. The van der Waals surface area contributed by atoms with Crippen LogP contribution >= 0.6 is 0 Å². The van der Waals surface area contributed by atoms with E-state index >= 15 is 0 Å². The van der Waals surface area contributed by atoms with Gasteiger partial charge in [-0.15, -0.1) is 0 Å². The van der Waals surface area contributed by atoms with Gasteiger partial charge in [-0.1, -0.05) is 6.92 Å². The van der Waals surface area contributed by atoms with Crippen LogP contribution in [0.5, 0.6) is 0 Å². The highest BCUT2D eigenvalue weighted by Crippen LogP contribution is 2.70. The summed E-state index contributed by atoms with van der Waals surface area (Å²) in [5.74, 6) is -0.635. The van der Waals surface area contributed by atoms with Crippen LogP contribution in [0.1, 0.15) is 78.1 Å². The molecule has 0 aromatic heterocycles. The Labute approximate surface area is 292 Å². The first-order valence-electron chi connectivity index (χ1n) is 18.3. The molecule has 0 radical (unpaired) electrons. The number of aliphatic hydroxyl groups excluding tert-OH is 4. The van der Waals surface area contributed by atoms with E-state index in [1.807, 2.05) is 0 Å². The fraction of sp³-hybridized carbons (Fsp3) is 0.889. The maximum atomic E-state index is 13.2. The van der Waals surface area contributed by atoms with Crippen LogP contribution in [0, 0.1) is 28.6 Å². The van der Waals surface area contributed by atoms with Crippen LogP contribution in [-0.4, -0.2) is 136 Å². The van der Waals surface area contributed by atoms with E-state index in [0.29, 0.717) is 44.9 Å². The van der Waals surface area contributed by atoms with Gasteiger partial charge in [0.1, 0.15) is 43.4 Å². The van der Waals surface area contributed by atoms with Crippen molar-refractivity contribution >= 4 is 12.3 Å². The summed E-state index contributed by atoms with van der Waals surface area (Å²) in [5, 5.41) is 65.3. The number of fused-ring (bicyclic) bond motifs is 5. The van der Waals surface area contributed by atoms with Gasteiger partial charge in [0.25, 0.3) is 0 Å². The molecule has 282 valence electrons. The number of methoxy groups -OCH3 is 1. The minimum atomic E-state index is -1.58. The number of rotatable bonds is 8. The van der Waals surface area contributed by atoms with E-state index < -0.39 is 90.1 Å². The Morgan fingerprint density at radius 2 is 1.72 bits per heavy atom. The lowest BCUT2D eigenvalue weighted by Gasteiger charge is -2.65. The number of hydrogen-bond donors (Lipinski definition) is 6. The molecule has 4 saturated carbocycles. The summed E-state index contributed by atoms with van der Waals surface area (Å²) >= 11 is 0. The first-order chi connectivity index (χ1) is 23.7. The maximum absolute atomic E-state index is 13.2. The van der Waals surface area contributed by atoms with Crippen LogP contribution in [-0.2, 0) is 38.0 Å². The summed E-state index contributed by atoms with van der Waals surface area (Å²) in [7, 11) is 1.51. The molecule has 7 rings (SSSR count). The molecule has 0 spiro atoms. The molecule has 0 unspecified atom stereocenters. The number of esters is 1. The first-order valence-corrected chi connectivity index (χ1v) is 18.3. The topological polar surface area (TPSA) is 211 Å². The summed E-state index contributed by atoms with van der Waals surface area (Å²) in [6, 6.07) is 0. The quantitative estimate of drug-likeness (QED) is 0.113. The van der Waals surface area contributed by atoms with Crippen molar-refractivity contribution in [2.24, 2.45) is 28.6 Å². The summed E-state index contributed by atoms with van der Waals surface area (Å²) in [5.41, 5.74) is -2.86. The highest BCUT2D eigenvalue weighted by atomic mass is 16.7. The summed E-state index contributed by atoms with van der Waals surface area (Å²) < 4.78 is 35.2. The molecule has 3 heterocycles. The molecule has 3 aliphatic heterocycles. The van der Waals surface area contributed by atoms with E-state index in [0.717, 1.165) is 18.3 Å². The predicted octanol–water partition coefficient (Wildman–Crippen LogP) is 0.258. The molecule has 14 nitrogen and oxygen atoms in total. The molecule has 6 N–H and O–H groups in total. The molecule has 0 bridgehead atoms. The fourth-order valence-electron chi connectivity index (χ4n) is 11.5. The summed E-state index contributed by atoms with van der Waals surface area (Å²) in [6.45, 7) is 3.57. The van der Waals surface area contributed by atoms with Crippen molar-refractivity contribution in [3.63, 3.8) is 0 Å². The fourth-order valence-corrected chi connectivity index (χ4v) is 11.5. The Balaban J connectivity index is 1.01. The summed E-state index contributed by atoms with van der Waals surface area (Å²) in [4.78, 5) is 25.1. The van der Waals surface area contributed by atoms with Gasteiger partial charge in [-0.2, -0.15) is 0 Å². The molecule has 0 aromatic carbocycles. The standard InChI is InChI=1S/C36H54O14/c1-18-31(50-32-30(42)29(41)28(40)25(15-37)49-32)24(45-3)13-27(47-18)48-20-4-9-34(17-38)22-5-8-33(2)21(19-12-26(39)46-16-19)7-11-36(33,44)23(22)6-10-35(34,43)14-20/h12,17-18,20-25,27-32,37,40-44H,4-11,13-16H2,1-3H3/t18-,20-,21-,22+,23-,24+,25-,27-,28-,29+,30-,31+,32+,33-,34-,35+,36-/m0/s1. The number of carbonyl (C=O) groups excluding carboxylic acids is 2. The van der Waals surface area contributed by atoms with E-state index in [1.165, 1.54) is 7.11 Å². The van der Waals surface area contributed by atoms with E-state index in [-0.39, 0.29) is 43.2 Å². The monoisotopic (exact) mass is 710 g/mol. The van der Waals surface area contributed by atoms with Gasteiger partial charge in [0.05, 0.1) is 41.5 Å². The van der Waals surface area contributed by atoms with Crippen LogP contribution in [0.2, 0.25) is 0 Å². The van der Waals surface area contributed by atoms with Crippen LogP contribution in [0.3, 0.4) is 0 Å². The largest absolute Gasteiger partial charge is 0.458 e. The van der Waals surface area contributed by atoms with Crippen molar-refractivity contribution in [2.75, 3.05) is 20.3 Å². The van der Waals surface area contributed by atoms with Gasteiger partial charge in [-0.05, 0) is 81.6 Å². The van der Waals surface area contributed by atoms with Gasteiger partial charge in [-0.25, -0.2) is 4.79 Å². The minimum absolute atomic E-state index is 0.0352. The Kier molecular flexibility index (Phi) is 9.84. The second-order valence-corrected chi connectivity index (χ2v) is 16.3. The predicted molar refractivity (Wildman–Crippen MR) is 171 cm³/mol. The zero-order chi connectivity index (χ0) is 35.8. The van der Waals surface area contributed by atoms with E-state index in [4.69, 9.17) is 28.4 Å². The van der Waals surface area contributed by atoms with Gasteiger partial charge in [0.2, 0.25) is 0 Å². The molecule has 7 aliphatic rings. The SMILES string of the molecule is CO[C@@H]1C[C@H](O[C@H]2CC[C@]3(C=O)[C@@H]4CC[C@@]5(C)[C@H](C6=CC(=O)OC6)CC[C@]5(O)[C@H]4CC[C@@]3(O)C2)O[C@@H](C)[C@H]1O[C@H]1O[C@@H](CO)[C@H](O)[C@@H](O)[C@@H]1O. The van der Waals surface area contributed by atoms with Crippen LogP contribution in [0.15, 0.2) is 11.6 Å². The Bertz CT molecular complexity index is 1330. The second-order valence-electron chi connectivity index (χ2n) is 16.3. The lowest BCUT2D eigenvalue weighted by molar-refractivity contribution is -0.346. The zero-order valence-corrected chi connectivity index (χ0v) is 29.1. The van der Waals surface area contributed by atoms with E-state index in [1.54, 1.807) is 13.0 Å². The molecule has 50 heavy (non-hydrogen) atoms. The number of hydrogen-bond acceptors (Lipinski definition) is 14. The van der Waals surface area contributed by atoms with Crippen molar-refractivity contribution in [3.8, 4) is 0 Å². The van der Waals surface area contributed by atoms with Crippen LogP contribution in [0.4, 0.5) is 0 Å². The second kappa shape index (κ2) is 13.4. The molecular formula is C36H54O14. The van der Waals surface area contributed by atoms with Gasteiger partial charge < -0.3 is 63.9 Å². The highest BCUT2D eigenvalue weighted by Gasteiger charge is 2.71. The third kappa shape index (κ3) is 5.55. The van der Waals surface area contributed by atoms with Crippen LogP contribution < -0.4 is 0 Å². The highest BCUT2D eigenvalue weighted by molar-refractivity contribution is 5.85. The average molecular weight is 711 g/mol. The molecular weight excluding hydrogens is 656 g/mol. The molecule has 0 amide bonds. The lowest BCUT2D eigenvalue weighted by Crippen LogP contribution is -2.69. The van der Waals surface area contributed by atoms with Crippen molar-refractivity contribution in [1.82, 2.24) is 0 Å². The van der Waals surface area contributed by atoms with Gasteiger partial charge >= 0.3 is 5.97 Å². The van der Waals surface area contributed by atoms with Crippen molar-refractivity contribution in [3.05, 3.63) is 11.6 Å². The normalized spacial score (nSPS) is 53.5. The average Bonchev–Trinajstić information content (AvgIpc) is 3.64. The Hall–Kier alpha value is -1.56. The Morgan fingerprint density at radius 1 is 0.960 bits per heavy atom. The van der Waals surface area contributed by atoms with Gasteiger partial charge in [0, 0.05) is 31.4 Å². The molecule has 14 heteroatoms. The minimum Gasteiger partial charge on any atom is -0.458 e. The lowest BCUT2D eigenvalue weighted by atomic mass is 9.41. The third-order valence-electron chi connectivity index (χ3n) is 14.2. The van der Waals surface area contributed by atoms with E-state index in [9.17, 15) is 40.2 Å². The molecule has 4 aliphatic carbocycles. The molecule has 17 atom stereocenters. The van der Waals surface area contributed by atoms with Gasteiger partial charge in [-0.3, -0.25) is 0 Å². The number of cyclic esters (lactones) is 1.